The maximum atomic E-state index is 12.7. The normalized spacial score (nSPS) is 14.2. The number of phosphoric ester groups is 1. The molecule has 10 heteroatoms. The third kappa shape index (κ3) is 50.2. The van der Waals surface area contributed by atoms with Gasteiger partial charge in [-0.15, -0.1) is 0 Å². The van der Waals surface area contributed by atoms with Crippen molar-refractivity contribution in [3.8, 4) is 0 Å². The first-order valence-corrected chi connectivity index (χ1v) is 26.9. The second kappa shape index (κ2) is 46.1. The molecular formula is C55H94NO8P. The maximum Gasteiger partial charge on any atom is 0.306 e. The summed E-state index contributed by atoms with van der Waals surface area (Å²) >= 11 is 0. The molecule has 0 heterocycles. The summed E-state index contributed by atoms with van der Waals surface area (Å²) in [5.74, 6) is -0.874. The van der Waals surface area contributed by atoms with Crippen LogP contribution in [0.5, 0.6) is 0 Å². The van der Waals surface area contributed by atoms with Gasteiger partial charge in [0.05, 0.1) is 27.7 Å². The summed E-state index contributed by atoms with van der Waals surface area (Å²) in [5, 5.41) is 0. The van der Waals surface area contributed by atoms with E-state index >= 15 is 0 Å². The summed E-state index contributed by atoms with van der Waals surface area (Å²) < 4.78 is 34.0. The van der Waals surface area contributed by atoms with Crippen LogP contribution in [0, 0.1) is 0 Å². The minimum atomic E-state index is -4.64. The highest BCUT2D eigenvalue weighted by Crippen LogP contribution is 2.38. The van der Waals surface area contributed by atoms with Gasteiger partial charge >= 0.3 is 11.9 Å². The van der Waals surface area contributed by atoms with Crippen LogP contribution in [0.4, 0.5) is 0 Å². The number of nitrogens with zero attached hydrogens (tertiary/aromatic N) is 1. The van der Waals surface area contributed by atoms with E-state index < -0.39 is 32.5 Å². The molecular weight excluding hydrogens is 834 g/mol. The zero-order valence-corrected chi connectivity index (χ0v) is 42.8. The highest BCUT2D eigenvalue weighted by molar-refractivity contribution is 7.45. The molecule has 65 heavy (non-hydrogen) atoms. The Morgan fingerprint density at radius 3 is 1.31 bits per heavy atom. The molecule has 372 valence electrons. The van der Waals surface area contributed by atoms with Crippen LogP contribution < -0.4 is 4.89 Å². The topological polar surface area (TPSA) is 111 Å². The number of hydrogen-bond acceptors (Lipinski definition) is 8. The predicted octanol–water partition coefficient (Wildman–Crippen LogP) is 14.7. The van der Waals surface area contributed by atoms with Crippen molar-refractivity contribution in [1.29, 1.82) is 0 Å². The van der Waals surface area contributed by atoms with Crippen LogP contribution in [0.3, 0.4) is 0 Å². The quantitative estimate of drug-likeness (QED) is 0.0195. The molecule has 0 aromatic rings. The van der Waals surface area contributed by atoms with Crippen LogP contribution in [0.25, 0.3) is 0 Å². The van der Waals surface area contributed by atoms with Crippen LogP contribution in [0.15, 0.2) is 97.2 Å². The summed E-state index contributed by atoms with van der Waals surface area (Å²) in [7, 11) is 1.13. The van der Waals surface area contributed by atoms with E-state index in [0.717, 1.165) is 116 Å². The number of quaternary nitrogens is 1. The summed E-state index contributed by atoms with van der Waals surface area (Å²) in [6.07, 6.45) is 61.5. The molecule has 0 saturated carbocycles. The third-order valence-corrected chi connectivity index (χ3v) is 11.3. The molecule has 0 spiro atoms. The molecule has 0 amide bonds. The van der Waals surface area contributed by atoms with Gasteiger partial charge in [0.2, 0.25) is 0 Å². The molecule has 0 rings (SSSR count). The fraction of sp³-hybridized carbons (Fsp3) is 0.673. The molecule has 0 saturated heterocycles. The number of esters is 2. The van der Waals surface area contributed by atoms with Crippen molar-refractivity contribution in [1.82, 2.24) is 0 Å². The smallest absolute Gasteiger partial charge is 0.306 e. The summed E-state index contributed by atoms with van der Waals surface area (Å²) in [6.45, 7) is 4.05. The molecule has 0 fully saturated rings. The van der Waals surface area contributed by atoms with Gasteiger partial charge in [0.15, 0.2) is 6.10 Å². The van der Waals surface area contributed by atoms with Crippen LogP contribution in [-0.2, 0) is 32.7 Å². The number of carbonyl (C=O) groups is 2. The zero-order chi connectivity index (χ0) is 47.8. The monoisotopic (exact) mass is 928 g/mol. The van der Waals surface area contributed by atoms with E-state index in [4.69, 9.17) is 18.5 Å². The summed E-state index contributed by atoms with van der Waals surface area (Å²) in [4.78, 5) is 37.7. The maximum absolute atomic E-state index is 12.7. The Labute approximate surface area is 398 Å². The van der Waals surface area contributed by atoms with Crippen LogP contribution in [-0.4, -0.2) is 70.0 Å². The van der Waals surface area contributed by atoms with Gasteiger partial charge in [0, 0.05) is 12.8 Å². The lowest BCUT2D eigenvalue weighted by atomic mass is 10.1. The van der Waals surface area contributed by atoms with Crippen LogP contribution in [0.2, 0.25) is 0 Å². The highest BCUT2D eigenvalue weighted by atomic mass is 31.2. The van der Waals surface area contributed by atoms with Gasteiger partial charge in [0.25, 0.3) is 7.82 Å². The Morgan fingerprint density at radius 2 is 0.877 bits per heavy atom. The molecule has 9 nitrogen and oxygen atoms in total. The molecule has 0 radical (unpaired) electrons. The predicted molar refractivity (Wildman–Crippen MR) is 272 cm³/mol. The van der Waals surface area contributed by atoms with Gasteiger partial charge in [0.1, 0.15) is 19.8 Å². The third-order valence-electron chi connectivity index (χ3n) is 10.3. The van der Waals surface area contributed by atoms with Gasteiger partial charge in [-0.1, -0.05) is 175 Å². The highest BCUT2D eigenvalue weighted by Gasteiger charge is 2.21. The Morgan fingerprint density at radius 1 is 0.492 bits per heavy atom. The van der Waals surface area contributed by atoms with Crippen molar-refractivity contribution in [2.45, 2.75) is 193 Å². The Kier molecular flexibility index (Phi) is 43.9. The Hall–Kier alpha value is -3.07. The zero-order valence-electron chi connectivity index (χ0n) is 41.9. The average molecular weight is 928 g/mol. The second-order valence-electron chi connectivity index (χ2n) is 17.8. The number of allylic oxidation sites excluding steroid dienone is 16. The van der Waals surface area contributed by atoms with E-state index in [-0.39, 0.29) is 26.1 Å². The van der Waals surface area contributed by atoms with Gasteiger partial charge in [-0.05, 0) is 96.3 Å². The molecule has 2 atom stereocenters. The number of carbonyl (C=O) groups excluding carboxylic acids is 2. The minimum absolute atomic E-state index is 0.0418. The molecule has 0 bridgehead atoms. The second-order valence-corrected chi connectivity index (χ2v) is 19.2. The summed E-state index contributed by atoms with van der Waals surface area (Å²) in [5.41, 5.74) is 0. The standard InChI is InChI=1S/C55H94NO8P/c1-6-8-10-12-14-16-18-20-22-24-25-26-27-28-29-30-31-32-34-36-38-40-42-44-46-48-55(58)64-53(52-63-65(59,60)62-50-49-56(3,4)5)51-61-54(57)47-45-43-41-39-37-35-33-23-21-19-17-15-13-11-9-7-2/h8,10,14,16-17,19-20,22-23,25-26,28-29,31-33,53H,6-7,9,11-13,15,18,21,24,27,30,34-52H2,1-5H3/b10-8-,16-14-,19-17-,22-20-,26-25-,29-28-,32-31-,33-23-. The van der Waals surface area contributed by atoms with Crippen molar-refractivity contribution < 1.29 is 42.1 Å². The number of unbranched alkanes of at least 4 members (excludes halogenated alkanes) is 15. The number of likely N-dealkylation sites (N-methyl/N-ethyl adjacent to an activating group) is 1. The van der Waals surface area contributed by atoms with E-state index in [1.807, 2.05) is 21.1 Å². The van der Waals surface area contributed by atoms with E-state index in [2.05, 4.69) is 111 Å². The molecule has 0 aromatic heterocycles. The van der Waals surface area contributed by atoms with E-state index in [9.17, 15) is 19.0 Å². The first-order chi connectivity index (χ1) is 31.5. The SMILES string of the molecule is CC/C=C\C/C=C\C/C=C\C/C=C\C/C=C\C/C=C\CCCCCCCCC(=O)OC(COC(=O)CCCCCCC/C=C\C/C=C\CCCCCC)COP(=O)([O-])OCC[N+](C)(C)C. The largest absolute Gasteiger partial charge is 0.756 e. The van der Waals surface area contributed by atoms with E-state index in [0.29, 0.717) is 23.9 Å². The van der Waals surface area contributed by atoms with Gasteiger partial charge in [-0.3, -0.25) is 14.2 Å². The number of ether oxygens (including phenoxy) is 2. The molecule has 2 unspecified atom stereocenters. The van der Waals surface area contributed by atoms with Crippen molar-refractivity contribution in [2.75, 3.05) is 47.5 Å². The number of rotatable bonds is 45. The fourth-order valence-corrected chi connectivity index (χ4v) is 7.12. The molecule has 0 N–H and O–H groups in total. The van der Waals surface area contributed by atoms with Crippen LogP contribution >= 0.6 is 7.82 Å². The van der Waals surface area contributed by atoms with Crippen molar-refractivity contribution in [2.24, 2.45) is 0 Å². The van der Waals surface area contributed by atoms with Gasteiger partial charge in [-0.25, -0.2) is 0 Å². The Bertz CT molecular complexity index is 1420. The summed E-state index contributed by atoms with van der Waals surface area (Å²) in [6, 6.07) is 0. The molecule has 0 aliphatic rings. The number of hydrogen-bond donors (Lipinski definition) is 0. The van der Waals surface area contributed by atoms with Gasteiger partial charge in [-0.2, -0.15) is 0 Å². The van der Waals surface area contributed by atoms with Crippen molar-refractivity contribution in [3.05, 3.63) is 97.2 Å². The van der Waals surface area contributed by atoms with Crippen LogP contribution in [0.1, 0.15) is 187 Å². The lowest BCUT2D eigenvalue weighted by Gasteiger charge is -2.28. The van der Waals surface area contributed by atoms with Gasteiger partial charge < -0.3 is 27.9 Å². The minimum Gasteiger partial charge on any atom is -0.756 e. The van der Waals surface area contributed by atoms with Crippen molar-refractivity contribution >= 4 is 19.8 Å². The number of phosphoric acid groups is 1. The first-order valence-electron chi connectivity index (χ1n) is 25.4. The fourth-order valence-electron chi connectivity index (χ4n) is 6.39. The lowest BCUT2D eigenvalue weighted by molar-refractivity contribution is -0.870. The molecule has 0 aromatic carbocycles. The Balaban J connectivity index is 4.33. The first kappa shape index (κ1) is 61.9. The molecule has 0 aliphatic heterocycles. The van der Waals surface area contributed by atoms with Crippen molar-refractivity contribution in [3.63, 3.8) is 0 Å². The van der Waals surface area contributed by atoms with E-state index in [1.54, 1.807) is 0 Å². The lowest BCUT2D eigenvalue weighted by Crippen LogP contribution is -2.37. The molecule has 0 aliphatic carbocycles. The average Bonchev–Trinajstić information content (AvgIpc) is 3.26. The van der Waals surface area contributed by atoms with E-state index in [1.165, 1.54) is 32.1 Å².